The van der Waals surface area contributed by atoms with E-state index in [2.05, 4.69) is 28.3 Å². The maximum atomic E-state index is 13.2. The lowest BCUT2D eigenvalue weighted by atomic mass is 9.65. The van der Waals surface area contributed by atoms with Crippen molar-refractivity contribution in [1.82, 2.24) is 14.8 Å². The number of carbonyl (C=O) groups is 2. The standard InChI is InChI=1S/C40H54F3N5O5/c1-37(2,3)53-36(50)48-19-17-38(18-20-48)13-9-26(10-14-38)24-47(4)25-39(51)15-11-27(12-16-39)30-21-28-22-32(33(52-5)23-31(28)44-30)46-35(49)29-7-6-8-34(45-29)40(41,42)43/h6-8,21-23,26-27,30,51H,9-20,24-25H2,1-5H3,(H,46,49). The molecule has 10 nitrogen and oxygen atoms in total. The van der Waals surface area contributed by atoms with E-state index in [0.29, 0.717) is 42.2 Å². The van der Waals surface area contributed by atoms with Crippen LogP contribution in [0.15, 0.2) is 35.3 Å². The van der Waals surface area contributed by atoms with Gasteiger partial charge in [0.2, 0.25) is 0 Å². The molecule has 0 bridgehead atoms. The van der Waals surface area contributed by atoms with Crippen LogP contribution >= 0.6 is 0 Å². The third-order valence-electron chi connectivity index (χ3n) is 11.7. The fourth-order valence-electron chi connectivity index (χ4n) is 8.77. The van der Waals surface area contributed by atoms with Crippen LogP contribution in [-0.2, 0) is 10.9 Å². The summed E-state index contributed by atoms with van der Waals surface area (Å²) in [7, 11) is 3.58. The van der Waals surface area contributed by atoms with E-state index in [0.717, 1.165) is 68.0 Å². The van der Waals surface area contributed by atoms with Gasteiger partial charge < -0.3 is 29.7 Å². The number of nitrogens with one attached hydrogen (secondary N) is 1. The number of methoxy groups -OCH3 is 1. The molecular formula is C40H54F3N5O5. The molecule has 2 aliphatic heterocycles. The fraction of sp³-hybridized carbons (Fsp3) is 0.650. The molecule has 2 amide bonds. The van der Waals surface area contributed by atoms with Gasteiger partial charge in [0.25, 0.3) is 5.91 Å². The lowest BCUT2D eigenvalue weighted by molar-refractivity contribution is -0.141. The number of rotatable bonds is 8. The number of aliphatic hydroxyl groups is 1. The zero-order valence-electron chi connectivity index (χ0n) is 31.6. The second-order valence-electron chi connectivity index (χ2n) is 16.9. The number of amides is 2. The summed E-state index contributed by atoms with van der Waals surface area (Å²) in [5.41, 5.74) is -2.07. The lowest BCUT2D eigenvalue weighted by Crippen LogP contribution is -2.48. The molecule has 6 rings (SSSR count). The lowest BCUT2D eigenvalue weighted by Gasteiger charge is -2.46. The van der Waals surface area contributed by atoms with E-state index in [9.17, 15) is 27.9 Å². The van der Waals surface area contributed by atoms with Crippen molar-refractivity contribution in [3.05, 3.63) is 52.3 Å². The van der Waals surface area contributed by atoms with Crippen LogP contribution in [0.25, 0.3) is 6.08 Å². The highest BCUT2D eigenvalue weighted by molar-refractivity contribution is 6.03. The van der Waals surface area contributed by atoms with Crippen LogP contribution in [0.2, 0.25) is 0 Å². The van der Waals surface area contributed by atoms with Gasteiger partial charge >= 0.3 is 12.3 Å². The van der Waals surface area contributed by atoms with Crippen molar-refractivity contribution in [2.45, 2.75) is 108 Å². The summed E-state index contributed by atoms with van der Waals surface area (Å²) in [6, 6.07) is 6.59. The van der Waals surface area contributed by atoms with Gasteiger partial charge in [0.05, 0.1) is 29.8 Å². The van der Waals surface area contributed by atoms with E-state index in [4.69, 9.17) is 14.5 Å². The fourth-order valence-corrected chi connectivity index (χ4v) is 8.77. The number of hydrogen-bond acceptors (Lipinski definition) is 8. The van der Waals surface area contributed by atoms with E-state index < -0.39 is 29.0 Å². The maximum absolute atomic E-state index is 13.2. The third-order valence-corrected chi connectivity index (χ3v) is 11.7. The minimum Gasteiger partial charge on any atom is -0.494 e. The number of piperidine rings is 1. The molecule has 1 spiro atoms. The number of aromatic nitrogens is 1. The van der Waals surface area contributed by atoms with Crippen LogP contribution in [-0.4, -0.2) is 89.5 Å². The van der Waals surface area contributed by atoms with Crippen LogP contribution in [0, 0.1) is 17.3 Å². The molecule has 2 N–H and O–H groups in total. The zero-order valence-corrected chi connectivity index (χ0v) is 31.6. The second-order valence-corrected chi connectivity index (χ2v) is 16.9. The number of ether oxygens (including phenoxy) is 2. The van der Waals surface area contributed by atoms with Crippen LogP contribution in [0.3, 0.4) is 0 Å². The van der Waals surface area contributed by atoms with Gasteiger partial charge in [-0.05, 0) is 127 Å². The van der Waals surface area contributed by atoms with E-state index in [1.165, 1.54) is 38.9 Å². The molecule has 1 aromatic carbocycles. The van der Waals surface area contributed by atoms with Crippen molar-refractivity contribution in [2.75, 3.05) is 45.7 Å². The van der Waals surface area contributed by atoms with Gasteiger partial charge in [-0.1, -0.05) is 12.1 Å². The van der Waals surface area contributed by atoms with Crippen molar-refractivity contribution in [3.63, 3.8) is 0 Å². The highest BCUT2D eigenvalue weighted by Gasteiger charge is 2.41. The Hall–Kier alpha value is -3.71. The smallest absolute Gasteiger partial charge is 0.433 e. The summed E-state index contributed by atoms with van der Waals surface area (Å²) in [4.78, 5) is 38.0. The Kier molecular flexibility index (Phi) is 11.2. The molecule has 3 fully saturated rings. The Morgan fingerprint density at radius 1 is 1.02 bits per heavy atom. The SMILES string of the molecule is COc1cc2c(cc1NC(=O)c1cccc(C(F)(F)F)n1)=CC(C1CCC(O)(CN(C)CC3CCC4(CC3)CCN(C(=O)OC(C)(C)C)CC4)CC1)N=2. The van der Waals surface area contributed by atoms with Gasteiger partial charge in [0.1, 0.15) is 22.7 Å². The molecule has 290 valence electrons. The van der Waals surface area contributed by atoms with Gasteiger partial charge in [0.15, 0.2) is 0 Å². The number of halogens is 3. The first-order valence-electron chi connectivity index (χ1n) is 19.0. The van der Waals surface area contributed by atoms with Crippen LogP contribution in [0.5, 0.6) is 5.75 Å². The van der Waals surface area contributed by atoms with Crippen LogP contribution in [0.1, 0.15) is 101 Å². The number of anilines is 1. The van der Waals surface area contributed by atoms with E-state index >= 15 is 0 Å². The van der Waals surface area contributed by atoms with E-state index in [-0.39, 0.29) is 23.7 Å². The Labute approximate surface area is 309 Å². The quantitative estimate of drug-likeness (QED) is 0.331. The number of pyridine rings is 1. The number of benzene rings is 1. The Morgan fingerprint density at radius 3 is 2.32 bits per heavy atom. The van der Waals surface area contributed by atoms with Gasteiger partial charge in [0, 0.05) is 37.5 Å². The molecule has 1 saturated heterocycles. The summed E-state index contributed by atoms with van der Waals surface area (Å²) >= 11 is 0. The molecule has 3 heterocycles. The minimum absolute atomic E-state index is 0.0846. The number of likely N-dealkylation sites (N-methyl/N-ethyl adjacent to an activating group) is 1. The first-order chi connectivity index (χ1) is 24.9. The second kappa shape index (κ2) is 15.2. The number of carbonyl (C=O) groups excluding carboxylic acids is 2. The number of fused-ring (bicyclic) bond motifs is 1. The number of alkyl halides is 3. The van der Waals surface area contributed by atoms with Crippen molar-refractivity contribution in [3.8, 4) is 5.75 Å². The maximum Gasteiger partial charge on any atom is 0.433 e. The molecule has 4 aliphatic rings. The topological polar surface area (TPSA) is 117 Å². The molecule has 1 unspecified atom stereocenters. The zero-order chi connectivity index (χ0) is 38.2. The molecule has 53 heavy (non-hydrogen) atoms. The van der Waals surface area contributed by atoms with E-state index in [1.54, 1.807) is 12.1 Å². The predicted octanol–water partition coefficient (Wildman–Crippen LogP) is 6.20. The van der Waals surface area contributed by atoms with Gasteiger partial charge in [-0.2, -0.15) is 13.2 Å². The van der Waals surface area contributed by atoms with Gasteiger partial charge in [-0.15, -0.1) is 0 Å². The molecule has 1 atom stereocenters. The number of hydrogen-bond donors (Lipinski definition) is 2. The van der Waals surface area contributed by atoms with Gasteiger partial charge in [-0.3, -0.25) is 9.79 Å². The molecule has 0 radical (unpaired) electrons. The number of likely N-dealkylation sites (tertiary alicyclic amines) is 1. The molecule has 2 aromatic rings. The minimum atomic E-state index is -4.66. The molecular weight excluding hydrogens is 687 g/mol. The predicted molar refractivity (Wildman–Crippen MR) is 195 cm³/mol. The van der Waals surface area contributed by atoms with Crippen LogP contribution in [0.4, 0.5) is 23.7 Å². The Bertz CT molecular complexity index is 1770. The van der Waals surface area contributed by atoms with Gasteiger partial charge in [-0.25, -0.2) is 9.78 Å². The Morgan fingerprint density at radius 2 is 1.70 bits per heavy atom. The molecule has 2 aliphatic carbocycles. The van der Waals surface area contributed by atoms with Crippen LogP contribution < -0.4 is 20.6 Å². The first-order valence-corrected chi connectivity index (χ1v) is 19.0. The average Bonchev–Trinajstić information content (AvgIpc) is 3.51. The van der Waals surface area contributed by atoms with Crippen molar-refractivity contribution >= 4 is 23.8 Å². The molecule has 13 heteroatoms. The summed E-state index contributed by atoms with van der Waals surface area (Å²) in [6.45, 7) is 8.86. The first kappa shape index (κ1) is 39.0. The highest BCUT2D eigenvalue weighted by atomic mass is 19.4. The number of nitrogens with zero attached hydrogens (tertiary/aromatic N) is 4. The summed E-state index contributed by atoms with van der Waals surface area (Å²) < 4.78 is 50.5. The van der Waals surface area contributed by atoms with Crippen molar-refractivity contribution in [1.29, 1.82) is 0 Å². The highest BCUT2D eigenvalue weighted by Crippen LogP contribution is 2.47. The largest absolute Gasteiger partial charge is 0.494 e. The van der Waals surface area contributed by atoms with E-state index in [1.807, 2.05) is 25.7 Å². The summed E-state index contributed by atoms with van der Waals surface area (Å²) in [5.74, 6) is 0.428. The third kappa shape index (κ3) is 9.51. The Balaban J connectivity index is 0.976. The summed E-state index contributed by atoms with van der Waals surface area (Å²) in [5, 5.41) is 15.8. The average molecular weight is 742 g/mol. The van der Waals surface area contributed by atoms with Crippen molar-refractivity contribution in [2.24, 2.45) is 22.2 Å². The summed E-state index contributed by atoms with van der Waals surface area (Å²) in [6.07, 6.45) is 7.05. The monoisotopic (exact) mass is 741 g/mol. The normalized spacial score (nSPS) is 24.7. The molecule has 1 aromatic heterocycles. The molecule has 2 saturated carbocycles. The van der Waals surface area contributed by atoms with Crippen molar-refractivity contribution < 1.29 is 37.3 Å².